The Labute approximate surface area is 202 Å². The zero-order valence-corrected chi connectivity index (χ0v) is 20.9. The van der Waals surface area contributed by atoms with E-state index in [4.69, 9.17) is 21.1 Å². The molecule has 0 aliphatic carbocycles. The van der Waals surface area contributed by atoms with Crippen molar-refractivity contribution in [2.24, 2.45) is 5.92 Å². The van der Waals surface area contributed by atoms with E-state index in [-0.39, 0.29) is 12.1 Å². The number of methoxy groups -OCH3 is 1. The molecule has 0 saturated carbocycles. The predicted octanol–water partition coefficient (Wildman–Crippen LogP) is 5.19. The van der Waals surface area contributed by atoms with Crippen LogP contribution in [0.2, 0.25) is 5.02 Å². The van der Waals surface area contributed by atoms with Crippen LogP contribution < -0.4 is 14.8 Å². The van der Waals surface area contributed by atoms with Gasteiger partial charge in [0.25, 0.3) is 0 Å². The first-order valence-electron chi connectivity index (χ1n) is 11.6. The molecule has 7 heteroatoms. The average molecular weight is 474 g/mol. The number of hydrogen-bond donors (Lipinski definition) is 1. The van der Waals surface area contributed by atoms with E-state index in [1.807, 2.05) is 47.4 Å². The fourth-order valence-electron chi connectivity index (χ4n) is 3.92. The lowest BCUT2D eigenvalue weighted by molar-refractivity contribution is 0.127. The summed E-state index contributed by atoms with van der Waals surface area (Å²) in [5.74, 6) is 1.95. The van der Waals surface area contributed by atoms with Crippen LogP contribution in [0.5, 0.6) is 11.5 Å². The lowest BCUT2D eigenvalue weighted by Gasteiger charge is -2.37. The van der Waals surface area contributed by atoms with Crippen LogP contribution in [0.15, 0.2) is 42.5 Å². The first-order chi connectivity index (χ1) is 15.9. The predicted molar refractivity (Wildman–Crippen MR) is 133 cm³/mol. The number of likely N-dealkylation sites (tertiary alicyclic amines) is 1. The summed E-state index contributed by atoms with van der Waals surface area (Å²) >= 11 is 6.19. The zero-order chi connectivity index (χ0) is 23.8. The second-order valence-corrected chi connectivity index (χ2v) is 9.55. The average Bonchev–Trinajstić information content (AvgIpc) is 2.82. The summed E-state index contributed by atoms with van der Waals surface area (Å²) in [7, 11) is 3.73. The van der Waals surface area contributed by atoms with Crippen molar-refractivity contribution in [3.05, 3.63) is 58.6 Å². The van der Waals surface area contributed by atoms with Crippen LogP contribution in [0, 0.1) is 5.92 Å². The van der Waals surface area contributed by atoms with Crippen LogP contribution in [-0.4, -0.2) is 55.7 Å². The molecular weight excluding hydrogens is 438 g/mol. The molecule has 180 valence electrons. The maximum atomic E-state index is 13.3. The van der Waals surface area contributed by atoms with Gasteiger partial charge in [-0.2, -0.15) is 0 Å². The van der Waals surface area contributed by atoms with Crippen molar-refractivity contribution in [1.29, 1.82) is 0 Å². The fraction of sp³-hybridized carbons (Fsp3) is 0.500. The zero-order valence-electron chi connectivity index (χ0n) is 20.1. The third kappa shape index (κ3) is 7.54. The summed E-state index contributed by atoms with van der Waals surface area (Å²) in [5.41, 5.74) is 2.04. The van der Waals surface area contributed by atoms with E-state index in [1.165, 1.54) is 0 Å². The minimum atomic E-state index is -0.0568. The lowest BCUT2D eigenvalue weighted by atomic mass is 10.0. The number of benzene rings is 2. The number of hydrogen-bond acceptors (Lipinski definition) is 4. The standard InChI is InChI=1S/C26H36ClN3O3/c1-19(2)18-33-23-8-5-20(6-9-23)16-28-26(31)30(22-11-13-29(3)14-12-22)17-21-7-10-24(27)25(15-21)32-4/h5-10,15,19,22H,11-14,16-18H2,1-4H3,(H,28,31). The Morgan fingerprint density at radius 3 is 2.45 bits per heavy atom. The molecule has 0 bridgehead atoms. The molecule has 2 aromatic rings. The SMILES string of the molecule is COc1cc(CN(C(=O)NCc2ccc(OCC(C)C)cc2)C2CCN(C)CC2)ccc1Cl. The summed E-state index contributed by atoms with van der Waals surface area (Å²) in [6.07, 6.45) is 1.91. The fourth-order valence-corrected chi connectivity index (χ4v) is 4.11. The Morgan fingerprint density at radius 2 is 1.82 bits per heavy atom. The summed E-state index contributed by atoms with van der Waals surface area (Å²) in [5, 5.41) is 3.68. The minimum Gasteiger partial charge on any atom is -0.495 e. The van der Waals surface area contributed by atoms with Gasteiger partial charge >= 0.3 is 6.03 Å². The number of rotatable bonds is 9. The van der Waals surface area contributed by atoms with Gasteiger partial charge in [-0.15, -0.1) is 0 Å². The maximum absolute atomic E-state index is 13.3. The summed E-state index contributed by atoms with van der Waals surface area (Å²) in [6.45, 7) is 7.88. The molecule has 0 spiro atoms. The van der Waals surface area contributed by atoms with Gasteiger partial charge in [0, 0.05) is 19.1 Å². The molecule has 3 rings (SSSR count). The number of halogens is 1. The van der Waals surface area contributed by atoms with Crippen LogP contribution in [0.1, 0.15) is 37.8 Å². The van der Waals surface area contributed by atoms with Gasteiger partial charge in [0.05, 0.1) is 18.7 Å². The van der Waals surface area contributed by atoms with Crippen LogP contribution in [0.25, 0.3) is 0 Å². The number of nitrogens with one attached hydrogen (secondary N) is 1. The molecule has 33 heavy (non-hydrogen) atoms. The second-order valence-electron chi connectivity index (χ2n) is 9.14. The monoisotopic (exact) mass is 473 g/mol. The first kappa shape index (κ1) is 25.2. The molecule has 6 nitrogen and oxygen atoms in total. The van der Waals surface area contributed by atoms with Crippen molar-refractivity contribution in [1.82, 2.24) is 15.1 Å². The van der Waals surface area contributed by atoms with Gasteiger partial charge in [-0.25, -0.2) is 4.79 Å². The molecule has 0 aromatic heterocycles. The molecule has 0 atom stereocenters. The number of ether oxygens (including phenoxy) is 2. The molecule has 1 aliphatic rings. The largest absolute Gasteiger partial charge is 0.495 e. The van der Waals surface area contributed by atoms with Crippen LogP contribution in [0.4, 0.5) is 4.79 Å². The molecular formula is C26H36ClN3O3. The van der Waals surface area contributed by atoms with Gasteiger partial charge in [0.1, 0.15) is 11.5 Å². The summed E-state index contributed by atoms with van der Waals surface area (Å²) < 4.78 is 11.1. The maximum Gasteiger partial charge on any atom is 0.318 e. The highest BCUT2D eigenvalue weighted by Crippen LogP contribution is 2.27. The van der Waals surface area contributed by atoms with E-state index in [0.717, 1.165) is 42.8 Å². The number of piperidine rings is 1. The molecule has 1 saturated heterocycles. The molecule has 0 radical (unpaired) electrons. The number of urea groups is 1. The highest BCUT2D eigenvalue weighted by atomic mass is 35.5. The Bertz CT molecular complexity index is 896. The lowest BCUT2D eigenvalue weighted by Crippen LogP contribution is -2.49. The van der Waals surface area contributed by atoms with E-state index < -0.39 is 0 Å². The van der Waals surface area contributed by atoms with Gasteiger partial charge in [-0.3, -0.25) is 0 Å². The van der Waals surface area contributed by atoms with Crippen LogP contribution in [-0.2, 0) is 13.1 Å². The molecule has 2 amide bonds. The Balaban J connectivity index is 1.66. The van der Waals surface area contributed by atoms with Gasteiger partial charge in [-0.1, -0.05) is 43.6 Å². The van der Waals surface area contributed by atoms with Crippen molar-refractivity contribution in [2.45, 2.75) is 45.8 Å². The molecule has 0 unspecified atom stereocenters. The van der Waals surface area contributed by atoms with Gasteiger partial charge < -0.3 is 24.6 Å². The number of carbonyl (C=O) groups is 1. The number of nitrogens with zero attached hydrogens (tertiary/aromatic N) is 2. The molecule has 1 heterocycles. The third-order valence-corrected chi connectivity index (χ3v) is 6.22. The summed E-state index contributed by atoms with van der Waals surface area (Å²) in [6, 6.07) is 13.7. The van der Waals surface area contributed by atoms with Crippen molar-refractivity contribution in [3.63, 3.8) is 0 Å². The number of amides is 2. The van der Waals surface area contributed by atoms with Crippen LogP contribution in [0.3, 0.4) is 0 Å². The normalized spacial score (nSPS) is 14.8. The Morgan fingerprint density at radius 1 is 1.15 bits per heavy atom. The van der Waals surface area contributed by atoms with Crippen molar-refractivity contribution < 1.29 is 14.3 Å². The van der Waals surface area contributed by atoms with Gasteiger partial charge in [0.2, 0.25) is 0 Å². The van der Waals surface area contributed by atoms with E-state index in [1.54, 1.807) is 7.11 Å². The van der Waals surface area contributed by atoms with E-state index in [9.17, 15) is 4.79 Å². The molecule has 1 fully saturated rings. The second kappa shape index (κ2) is 12.1. The minimum absolute atomic E-state index is 0.0568. The summed E-state index contributed by atoms with van der Waals surface area (Å²) in [4.78, 5) is 17.5. The van der Waals surface area contributed by atoms with Crippen molar-refractivity contribution >= 4 is 17.6 Å². The van der Waals surface area contributed by atoms with Crippen molar-refractivity contribution in [3.8, 4) is 11.5 Å². The van der Waals surface area contributed by atoms with Gasteiger partial charge in [0.15, 0.2) is 0 Å². The van der Waals surface area contributed by atoms with Crippen molar-refractivity contribution in [2.75, 3.05) is 33.9 Å². The molecule has 2 aromatic carbocycles. The van der Waals surface area contributed by atoms with E-state index in [0.29, 0.717) is 36.4 Å². The topological polar surface area (TPSA) is 54.0 Å². The van der Waals surface area contributed by atoms with Gasteiger partial charge in [-0.05, 0) is 74.3 Å². The molecule has 1 N–H and O–H groups in total. The van der Waals surface area contributed by atoms with E-state index >= 15 is 0 Å². The highest BCUT2D eigenvalue weighted by molar-refractivity contribution is 6.32. The van der Waals surface area contributed by atoms with Crippen LogP contribution >= 0.6 is 11.6 Å². The Kier molecular flexibility index (Phi) is 9.27. The van der Waals surface area contributed by atoms with E-state index in [2.05, 4.69) is 31.1 Å². The highest BCUT2D eigenvalue weighted by Gasteiger charge is 2.27. The molecule has 1 aliphatic heterocycles. The Hall–Kier alpha value is -2.44. The first-order valence-corrected chi connectivity index (χ1v) is 12.0. The smallest absolute Gasteiger partial charge is 0.318 e. The number of carbonyl (C=O) groups excluding carboxylic acids is 1. The quantitative estimate of drug-likeness (QED) is 0.544. The third-order valence-electron chi connectivity index (χ3n) is 5.91.